The van der Waals surface area contributed by atoms with Gasteiger partial charge in [0, 0.05) is 18.7 Å². The lowest BCUT2D eigenvalue weighted by molar-refractivity contribution is -0.134. The largest absolute Gasteiger partial charge is 0.427 e. The first-order valence-corrected chi connectivity index (χ1v) is 8.98. The van der Waals surface area contributed by atoms with Crippen molar-refractivity contribution in [1.82, 2.24) is 24.5 Å². The van der Waals surface area contributed by atoms with Gasteiger partial charge in [0.2, 0.25) is 0 Å². The van der Waals surface area contributed by atoms with Crippen LogP contribution < -0.4 is 10.9 Å². The van der Waals surface area contributed by atoms with Gasteiger partial charge in [-0.15, -0.1) is 0 Å². The molecule has 0 aliphatic carbocycles. The highest BCUT2D eigenvalue weighted by Crippen LogP contribution is 2.37. The lowest BCUT2D eigenvalue weighted by Crippen LogP contribution is -2.30. The van der Waals surface area contributed by atoms with E-state index in [2.05, 4.69) is 15.4 Å². The normalized spacial score (nSPS) is 11.9. The Morgan fingerprint density at radius 2 is 2.04 bits per heavy atom. The molecule has 0 saturated heterocycles. The Kier molecular flexibility index (Phi) is 5.19. The number of amides is 1. The Bertz CT molecular complexity index is 1090. The van der Waals surface area contributed by atoms with E-state index < -0.39 is 28.2 Å². The lowest BCUT2D eigenvalue weighted by atomic mass is 10.3. The van der Waals surface area contributed by atoms with Gasteiger partial charge >= 0.3 is 6.18 Å². The van der Waals surface area contributed by atoms with Crippen LogP contribution in [0.2, 0.25) is 10.3 Å². The molecule has 144 valence electrons. The first-order valence-electron chi connectivity index (χ1n) is 7.41. The number of nitrogens with zero attached hydrogens (tertiary/aromatic N) is 4. The van der Waals surface area contributed by atoms with Crippen LogP contribution in [0.15, 0.2) is 16.9 Å². The molecule has 0 saturated carbocycles. The van der Waals surface area contributed by atoms with E-state index in [4.69, 9.17) is 23.2 Å². The predicted octanol–water partition coefficient (Wildman–Crippen LogP) is 3.08. The molecule has 0 aromatic carbocycles. The van der Waals surface area contributed by atoms with Crippen LogP contribution in [0.25, 0.3) is 4.96 Å². The average Bonchev–Trinajstić information content (AvgIpc) is 3.08. The molecule has 27 heavy (non-hydrogen) atoms. The highest BCUT2D eigenvalue weighted by molar-refractivity contribution is 7.17. The summed E-state index contributed by atoms with van der Waals surface area (Å²) in [5.41, 5.74) is -1.48. The van der Waals surface area contributed by atoms with Crippen LogP contribution in [-0.4, -0.2) is 31.6 Å². The van der Waals surface area contributed by atoms with E-state index in [1.165, 1.54) is 10.7 Å². The molecule has 3 heterocycles. The highest BCUT2D eigenvalue weighted by Gasteiger charge is 2.40. The van der Waals surface area contributed by atoms with Gasteiger partial charge in [-0.05, 0) is 6.92 Å². The molecule has 1 N–H and O–H groups in total. The Hall–Kier alpha value is -2.11. The summed E-state index contributed by atoms with van der Waals surface area (Å²) in [5.74, 6) is -1.00. The summed E-state index contributed by atoms with van der Waals surface area (Å²) < 4.78 is 42.0. The molecular formula is C14H10Cl2F3N5O2S. The van der Waals surface area contributed by atoms with Crippen molar-refractivity contribution >= 4 is 45.4 Å². The predicted molar refractivity (Wildman–Crippen MR) is 93.7 cm³/mol. The van der Waals surface area contributed by atoms with Gasteiger partial charge in [-0.1, -0.05) is 34.5 Å². The van der Waals surface area contributed by atoms with Crippen LogP contribution in [0.1, 0.15) is 28.0 Å². The number of rotatable bonds is 4. The molecule has 3 aromatic heterocycles. The van der Waals surface area contributed by atoms with E-state index in [0.29, 0.717) is 4.40 Å². The molecular weight excluding hydrogens is 430 g/mol. The first kappa shape index (κ1) is 19.6. The number of hydrogen-bond acceptors (Lipinski definition) is 5. The maximum atomic E-state index is 13.4. The smallest absolute Gasteiger partial charge is 0.351 e. The van der Waals surface area contributed by atoms with Crippen LogP contribution >= 0.6 is 34.5 Å². The SMILES string of the molecule is CCNC(=O)c1c(C(F)(F)F)sc2nc(Cn3nc(Cl)cc3Cl)cc(=O)n12. The number of alkyl halides is 3. The zero-order valence-corrected chi connectivity index (χ0v) is 15.8. The van der Waals surface area contributed by atoms with E-state index >= 15 is 0 Å². The Morgan fingerprint density at radius 1 is 1.33 bits per heavy atom. The van der Waals surface area contributed by atoms with Crippen molar-refractivity contribution in [1.29, 1.82) is 0 Å². The number of fused-ring (bicyclic) bond motifs is 1. The summed E-state index contributed by atoms with van der Waals surface area (Å²) in [6, 6.07) is 2.39. The molecule has 0 fully saturated rings. The maximum Gasteiger partial charge on any atom is 0.427 e. The number of carbonyl (C=O) groups is 1. The molecule has 0 aliphatic heterocycles. The zero-order valence-electron chi connectivity index (χ0n) is 13.5. The van der Waals surface area contributed by atoms with Crippen LogP contribution in [0.4, 0.5) is 13.2 Å². The molecule has 0 radical (unpaired) electrons. The summed E-state index contributed by atoms with van der Waals surface area (Å²) in [7, 11) is 0. The molecule has 0 unspecified atom stereocenters. The van der Waals surface area contributed by atoms with Crippen molar-refractivity contribution in [3.05, 3.63) is 49.1 Å². The molecule has 0 atom stereocenters. The number of thiazole rings is 1. The topological polar surface area (TPSA) is 81.3 Å². The van der Waals surface area contributed by atoms with Gasteiger partial charge in [0.1, 0.15) is 15.7 Å². The van der Waals surface area contributed by atoms with E-state index in [1.54, 1.807) is 6.92 Å². The standard InChI is InChI=1S/C14H10Cl2F3N5O2S/c1-2-20-12(26)10-11(14(17,18)19)27-13-21-6(3-9(25)24(10)13)5-23-8(16)4-7(15)22-23/h3-4H,2,5H2,1H3,(H,20,26). The highest BCUT2D eigenvalue weighted by atomic mass is 35.5. The minimum absolute atomic E-state index is 0.0764. The van der Waals surface area contributed by atoms with E-state index in [-0.39, 0.29) is 45.4 Å². The summed E-state index contributed by atoms with van der Waals surface area (Å²) in [6.45, 7) is 1.58. The number of hydrogen-bond donors (Lipinski definition) is 1. The van der Waals surface area contributed by atoms with E-state index in [9.17, 15) is 22.8 Å². The quantitative estimate of drug-likeness (QED) is 0.677. The molecule has 7 nitrogen and oxygen atoms in total. The molecule has 0 spiro atoms. The third kappa shape index (κ3) is 3.80. The summed E-state index contributed by atoms with van der Waals surface area (Å²) in [5, 5.41) is 6.46. The monoisotopic (exact) mass is 439 g/mol. The third-order valence-electron chi connectivity index (χ3n) is 3.40. The number of nitrogens with one attached hydrogen (secondary N) is 1. The van der Waals surface area contributed by atoms with Crippen LogP contribution in [0.5, 0.6) is 0 Å². The molecule has 1 amide bonds. The fourth-order valence-electron chi connectivity index (χ4n) is 2.37. The van der Waals surface area contributed by atoms with Crippen LogP contribution in [-0.2, 0) is 12.7 Å². The van der Waals surface area contributed by atoms with E-state index in [1.807, 2.05) is 0 Å². The lowest BCUT2D eigenvalue weighted by Gasteiger charge is -2.08. The van der Waals surface area contributed by atoms with Crippen molar-refractivity contribution in [2.75, 3.05) is 6.54 Å². The van der Waals surface area contributed by atoms with Gasteiger partial charge < -0.3 is 5.32 Å². The second kappa shape index (κ2) is 7.13. The zero-order chi connectivity index (χ0) is 19.9. The second-order valence-electron chi connectivity index (χ2n) is 5.29. The maximum absolute atomic E-state index is 13.4. The van der Waals surface area contributed by atoms with Gasteiger partial charge in [-0.2, -0.15) is 18.3 Å². The summed E-state index contributed by atoms with van der Waals surface area (Å²) in [4.78, 5) is 27.2. The van der Waals surface area contributed by atoms with Crippen molar-refractivity contribution in [3.63, 3.8) is 0 Å². The average molecular weight is 440 g/mol. The Labute approximate surface area is 163 Å². The van der Waals surface area contributed by atoms with Crippen molar-refractivity contribution < 1.29 is 18.0 Å². The number of carbonyl (C=O) groups excluding carboxylic acids is 1. The molecule has 13 heteroatoms. The fraction of sp³-hybridized carbons (Fsp3) is 0.286. The summed E-state index contributed by atoms with van der Waals surface area (Å²) in [6.07, 6.45) is -4.82. The van der Waals surface area contributed by atoms with Gasteiger partial charge in [0.05, 0.1) is 12.2 Å². The molecule has 0 bridgehead atoms. The van der Waals surface area contributed by atoms with Crippen LogP contribution in [0.3, 0.4) is 0 Å². The Morgan fingerprint density at radius 3 is 2.59 bits per heavy atom. The Balaban J connectivity index is 2.17. The van der Waals surface area contributed by atoms with Gasteiger partial charge in [0.15, 0.2) is 10.1 Å². The first-order chi connectivity index (χ1) is 12.6. The molecule has 3 rings (SSSR count). The van der Waals surface area contributed by atoms with E-state index in [0.717, 1.165) is 6.07 Å². The van der Waals surface area contributed by atoms with Gasteiger partial charge in [-0.3, -0.25) is 9.59 Å². The minimum Gasteiger partial charge on any atom is -0.351 e. The number of halogens is 5. The van der Waals surface area contributed by atoms with Gasteiger partial charge in [0.25, 0.3) is 11.5 Å². The van der Waals surface area contributed by atoms with Gasteiger partial charge in [-0.25, -0.2) is 14.1 Å². The number of aromatic nitrogens is 4. The van der Waals surface area contributed by atoms with Crippen molar-refractivity contribution in [2.24, 2.45) is 0 Å². The minimum atomic E-state index is -4.82. The van der Waals surface area contributed by atoms with Crippen molar-refractivity contribution in [3.8, 4) is 0 Å². The third-order valence-corrected chi connectivity index (χ3v) is 4.97. The van der Waals surface area contributed by atoms with Crippen LogP contribution in [0, 0.1) is 0 Å². The fourth-order valence-corrected chi connectivity index (χ4v) is 3.84. The van der Waals surface area contributed by atoms with Crippen molar-refractivity contribution in [2.45, 2.75) is 19.6 Å². The molecule has 0 aliphatic rings. The molecule has 3 aromatic rings. The summed E-state index contributed by atoms with van der Waals surface area (Å²) >= 11 is 11.9. The second-order valence-corrected chi connectivity index (χ2v) is 7.04.